The molecule has 2 saturated heterocycles. The molecule has 0 radical (unpaired) electrons. The zero-order valence-corrected chi connectivity index (χ0v) is 27.9. The molecular weight excluding hydrogens is 609 g/mol. The summed E-state index contributed by atoms with van der Waals surface area (Å²) >= 11 is 0. The summed E-state index contributed by atoms with van der Waals surface area (Å²) in [5, 5.41) is 3.36. The predicted octanol–water partition coefficient (Wildman–Crippen LogP) is 5.67. The van der Waals surface area contributed by atoms with E-state index in [2.05, 4.69) is 60.6 Å². The molecule has 0 bridgehead atoms. The van der Waals surface area contributed by atoms with E-state index in [4.69, 9.17) is 9.72 Å². The number of nitrogens with zero attached hydrogens (tertiary/aromatic N) is 8. The minimum atomic E-state index is -0.565. The Labute approximate surface area is 281 Å². The first-order valence-electron chi connectivity index (χ1n) is 16.4. The Morgan fingerprint density at radius 2 is 1.79 bits per heavy atom. The lowest BCUT2D eigenvalue weighted by Gasteiger charge is -2.44. The van der Waals surface area contributed by atoms with Crippen molar-refractivity contribution in [3.63, 3.8) is 0 Å². The van der Waals surface area contributed by atoms with Gasteiger partial charge in [0.05, 0.1) is 0 Å². The Morgan fingerprint density at radius 1 is 1.02 bits per heavy atom. The van der Waals surface area contributed by atoms with Gasteiger partial charge >= 0.3 is 6.01 Å². The van der Waals surface area contributed by atoms with Crippen LogP contribution >= 0.6 is 0 Å². The number of carbonyl (C=O) groups is 1. The van der Waals surface area contributed by atoms with Crippen molar-refractivity contribution in [2.45, 2.75) is 39.8 Å². The summed E-state index contributed by atoms with van der Waals surface area (Å²) in [7, 11) is 0. The third-order valence-corrected chi connectivity index (χ3v) is 9.01. The SMILES string of the molecule is C=CC(=O)N1C[C@H](C)N(c2nc(Nc3ccc(N4CCN(CC)CC4)cc3)ncc2-c2ccc(Oc3nccc(C)n3)c(F)c2)C[C@H]1C. The van der Waals surface area contributed by atoms with Crippen molar-refractivity contribution in [2.75, 3.05) is 60.9 Å². The van der Waals surface area contributed by atoms with Gasteiger partial charge in [0.2, 0.25) is 11.9 Å². The van der Waals surface area contributed by atoms with Crippen LogP contribution in [0.15, 0.2) is 73.6 Å². The van der Waals surface area contributed by atoms with Gasteiger partial charge in [0.15, 0.2) is 11.6 Å². The highest BCUT2D eigenvalue weighted by molar-refractivity contribution is 5.87. The Morgan fingerprint density at radius 3 is 2.48 bits per heavy atom. The van der Waals surface area contributed by atoms with Crippen molar-refractivity contribution in [3.8, 4) is 22.9 Å². The number of rotatable bonds is 9. The Bertz CT molecular complexity index is 1760. The fraction of sp³-hybridized carbons (Fsp3) is 0.361. The van der Waals surface area contributed by atoms with Crippen LogP contribution in [0.2, 0.25) is 0 Å². The van der Waals surface area contributed by atoms with Crippen LogP contribution in [-0.4, -0.2) is 93.5 Å². The topological polar surface area (TPSA) is 103 Å². The number of aryl methyl sites for hydroxylation is 1. The van der Waals surface area contributed by atoms with Crippen LogP contribution in [0.3, 0.4) is 0 Å². The van der Waals surface area contributed by atoms with Crippen molar-refractivity contribution in [1.82, 2.24) is 29.7 Å². The number of piperazine rings is 2. The molecule has 0 saturated carbocycles. The number of anilines is 4. The van der Waals surface area contributed by atoms with E-state index in [0.29, 0.717) is 41.7 Å². The number of carbonyl (C=O) groups excluding carboxylic acids is 1. The molecule has 2 atom stereocenters. The molecule has 48 heavy (non-hydrogen) atoms. The summed E-state index contributed by atoms with van der Waals surface area (Å²) in [6, 6.07) is 14.7. The van der Waals surface area contributed by atoms with E-state index in [-0.39, 0.29) is 29.8 Å². The fourth-order valence-corrected chi connectivity index (χ4v) is 6.23. The fourth-order valence-electron chi connectivity index (χ4n) is 6.23. The summed E-state index contributed by atoms with van der Waals surface area (Å²) < 4.78 is 21.1. The average Bonchev–Trinajstić information content (AvgIpc) is 3.10. The quantitative estimate of drug-likeness (QED) is 0.228. The Hall–Kier alpha value is -5.10. The van der Waals surface area contributed by atoms with Crippen molar-refractivity contribution >= 4 is 29.0 Å². The third-order valence-electron chi connectivity index (χ3n) is 9.01. The first-order chi connectivity index (χ1) is 23.2. The summed E-state index contributed by atoms with van der Waals surface area (Å²) in [4.78, 5) is 39.3. The largest absolute Gasteiger partial charge is 0.421 e. The number of hydrogen-bond donors (Lipinski definition) is 1. The lowest BCUT2D eigenvalue weighted by molar-refractivity contribution is -0.128. The number of amides is 1. The lowest BCUT2D eigenvalue weighted by atomic mass is 10.0. The van der Waals surface area contributed by atoms with Gasteiger partial charge in [-0.2, -0.15) is 4.98 Å². The number of halogens is 1. The van der Waals surface area contributed by atoms with Crippen LogP contribution in [0.4, 0.5) is 27.5 Å². The number of nitrogens with one attached hydrogen (secondary N) is 1. The summed E-state index contributed by atoms with van der Waals surface area (Å²) in [6.07, 6.45) is 4.63. The normalized spacial score (nSPS) is 18.5. The van der Waals surface area contributed by atoms with Crippen molar-refractivity contribution < 1.29 is 13.9 Å². The van der Waals surface area contributed by atoms with E-state index >= 15 is 4.39 Å². The number of hydrogen-bond acceptors (Lipinski definition) is 10. The third kappa shape index (κ3) is 7.23. The number of likely N-dealkylation sites (N-methyl/N-ethyl adjacent to an activating group) is 1. The van der Waals surface area contributed by atoms with Crippen LogP contribution in [0, 0.1) is 12.7 Å². The van der Waals surface area contributed by atoms with Gasteiger partial charge in [0.25, 0.3) is 0 Å². The van der Waals surface area contributed by atoms with E-state index < -0.39 is 5.82 Å². The maximum absolute atomic E-state index is 15.5. The van der Waals surface area contributed by atoms with Crippen LogP contribution in [0.5, 0.6) is 11.8 Å². The Kier molecular flexibility index (Phi) is 9.81. The molecule has 4 heterocycles. The van der Waals surface area contributed by atoms with Gasteiger partial charge in [-0.25, -0.2) is 19.3 Å². The van der Waals surface area contributed by atoms with Gasteiger partial charge in [0, 0.05) is 86.4 Å². The predicted molar refractivity (Wildman–Crippen MR) is 187 cm³/mol. The summed E-state index contributed by atoms with van der Waals surface area (Å²) in [5.41, 5.74) is 4.00. The molecule has 2 fully saturated rings. The van der Waals surface area contributed by atoms with Crippen LogP contribution < -0.4 is 19.9 Å². The number of benzene rings is 2. The van der Waals surface area contributed by atoms with Crippen molar-refractivity contribution in [3.05, 3.63) is 85.1 Å². The van der Waals surface area contributed by atoms with Crippen molar-refractivity contribution in [1.29, 1.82) is 0 Å². The molecule has 0 spiro atoms. The second-order valence-corrected chi connectivity index (χ2v) is 12.3. The molecule has 2 aliphatic heterocycles. The monoisotopic (exact) mass is 651 g/mol. The maximum atomic E-state index is 15.5. The van der Waals surface area contributed by atoms with Gasteiger partial charge in [-0.15, -0.1) is 0 Å². The molecular formula is C36H42FN9O2. The van der Waals surface area contributed by atoms with Gasteiger partial charge in [0.1, 0.15) is 5.82 Å². The minimum absolute atomic E-state index is 0.0133. The highest BCUT2D eigenvalue weighted by atomic mass is 19.1. The molecule has 12 heteroatoms. The van der Waals surface area contributed by atoms with Crippen LogP contribution in [0.25, 0.3) is 11.1 Å². The van der Waals surface area contributed by atoms with Gasteiger partial charge < -0.3 is 29.7 Å². The van der Waals surface area contributed by atoms with Crippen LogP contribution in [-0.2, 0) is 4.79 Å². The molecule has 250 valence electrons. The highest BCUT2D eigenvalue weighted by Gasteiger charge is 2.33. The molecule has 2 aromatic carbocycles. The van der Waals surface area contributed by atoms with Crippen LogP contribution in [0.1, 0.15) is 26.5 Å². The number of aromatic nitrogens is 4. The lowest BCUT2D eigenvalue weighted by Crippen LogP contribution is -2.58. The zero-order chi connectivity index (χ0) is 33.8. The van der Waals surface area contributed by atoms with Gasteiger partial charge in [-0.1, -0.05) is 19.6 Å². The highest BCUT2D eigenvalue weighted by Crippen LogP contribution is 2.36. The Balaban J connectivity index is 1.28. The van der Waals surface area contributed by atoms with E-state index in [9.17, 15) is 4.79 Å². The minimum Gasteiger partial charge on any atom is -0.421 e. The maximum Gasteiger partial charge on any atom is 0.322 e. The van der Waals surface area contributed by atoms with Crippen molar-refractivity contribution in [2.24, 2.45) is 0 Å². The molecule has 2 aromatic heterocycles. The van der Waals surface area contributed by atoms with Gasteiger partial charge in [-0.05, 0) is 81.4 Å². The summed E-state index contributed by atoms with van der Waals surface area (Å²) in [6.45, 7) is 18.0. The van der Waals surface area contributed by atoms with E-state index in [1.165, 1.54) is 17.8 Å². The molecule has 2 aliphatic rings. The van der Waals surface area contributed by atoms with E-state index in [1.54, 1.807) is 30.6 Å². The van der Waals surface area contributed by atoms with E-state index in [1.807, 2.05) is 37.8 Å². The average molecular weight is 652 g/mol. The summed E-state index contributed by atoms with van der Waals surface area (Å²) in [5.74, 6) is 0.395. The molecule has 1 amide bonds. The molecule has 6 rings (SSSR count). The number of ether oxygens (including phenoxy) is 1. The molecule has 4 aromatic rings. The first kappa shape index (κ1) is 32.8. The second kappa shape index (κ2) is 14.3. The molecule has 0 unspecified atom stereocenters. The smallest absolute Gasteiger partial charge is 0.322 e. The van der Waals surface area contributed by atoms with Gasteiger partial charge in [-0.3, -0.25) is 4.79 Å². The second-order valence-electron chi connectivity index (χ2n) is 12.3. The zero-order valence-electron chi connectivity index (χ0n) is 27.9. The standard InChI is InChI=1S/C36H42FN9O2/c1-6-33(47)45-22-26(5)46(23-25(45)4)34-30(27-8-13-32(31(37)20-27)48-36-38-15-14-24(3)40-36)21-39-35(42-34)41-28-9-11-29(12-10-28)44-18-16-43(7-2)17-19-44/h6,8-15,20-21,25-26H,1,7,16-19,22-23H2,2-5H3,(H,39,41,42)/t25-,26+/m1/s1. The molecule has 1 N–H and O–H groups in total. The first-order valence-corrected chi connectivity index (χ1v) is 16.4. The molecule has 11 nitrogen and oxygen atoms in total. The van der Waals surface area contributed by atoms with E-state index in [0.717, 1.165) is 38.4 Å². The molecule has 0 aliphatic carbocycles.